The molecule has 0 aromatic rings. The molecular formula is C9H21N3O2S. The summed E-state index contributed by atoms with van der Waals surface area (Å²) >= 11 is 0. The summed E-state index contributed by atoms with van der Waals surface area (Å²) in [5.41, 5.74) is 0. The van der Waals surface area contributed by atoms with E-state index in [9.17, 15) is 8.42 Å². The van der Waals surface area contributed by atoms with Gasteiger partial charge in [-0.2, -0.15) is 4.31 Å². The van der Waals surface area contributed by atoms with Gasteiger partial charge in [0.15, 0.2) is 0 Å². The summed E-state index contributed by atoms with van der Waals surface area (Å²) in [5, 5.41) is 3.23. The first-order valence-electron chi connectivity index (χ1n) is 5.28. The van der Waals surface area contributed by atoms with E-state index in [4.69, 9.17) is 0 Å². The summed E-state index contributed by atoms with van der Waals surface area (Å²) < 4.78 is 25.4. The van der Waals surface area contributed by atoms with Crippen LogP contribution in [0.25, 0.3) is 0 Å². The van der Waals surface area contributed by atoms with Crippen LogP contribution in [-0.2, 0) is 10.0 Å². The fourth-order valence-electron chi connectivity index (χ4n) is 1.58. The Morgan fingerprint density at radius 1 is 1.47 bits per heavy atom. The molecule has 0 aliphatic carbocycles. The number of rotatable bonds is 4. The molecule has 1 N–H and O–H groups in total. The van der Waals surface area contributed by atoms with Crippen molar-refractivity contribution in [2.24, 2.45) is 0 Å². The summed E-state index contributed by atoms with van der Waals surface area (Å²) in [6.45, 7) is 4.53. The van der Waals surface area contributed by atoms with Crippen molar-refractivity contribution >= 4 is 10.0 Å². The van der Waals surface area contributed by atoms with Gasteiger partial charge in [-0.1, -0.05) is 0 Å². The summed E-state index contributed by atoms with van der Waals surface area (Å²) in [6, 6.07) is 0.257. The lowest BCUT2D eigenvalue weighted by Gasteiger charge is -2.31. The smallest absolute Gasteiger partial charge is 0.215 e. The largest absolute Gasteiger partial charge is 0.312 e. The lowest BCUT2D eigenvalue weighted by atomic mass is 10.3. The Kier molecular flexibility index (Phi) is 4.51. The predicted octanol–water partition coefficient (Wildman–Crippen LogP) is -0.828. The Bertz CT molecular complexity index is 290. The number of nitrogens with zero attached hydrogens (tertiary/aromatic N) is 2. The van der Waals surface area contributed by atoms with Crippen molar-refractivity contribution in [3.05, 3.63) is 0 Å². The first kappa shape index (κ1) is 12.9. The summed E-state index contributed by atoms with van der Waals surface area (Å²) in [6.07, 6.45) is 0. The lowest BCUT2D eigenvalue weighted by Crippen LogP contribution is -2.52. The molecule has 1 aliphatic rings. The van der Waals surface area contributed by atoms with E-state index in [-0.39, 0.29) is 11.8 Å². The van der Waals surface area contributed by atoms with E-state index in [1.165, 1.54) is 0 Å². The first-order valence-corrected chi connectivity index (χ1v) is 6.88. The topological polar surface area (TPSA) is 52.7 Å². The molecule has 15 heavy (non-hydrogen) atoms. The molecule has 1 heterocycles. The Labute approximate surface area is 92.5 Å². The second-order valence-electron chi connectivity index (χ2n) is 4.33. The highest BCUT2D eigenvalue weighted by Crippen LogP contribution is 2.06. The minimum atomic E-state index is -3.06. The number of nitrogens with one attached hydrogen (secondary N) is 1. The number of piperazine rings is 1. The van der Waals surface area contributed by atoms with Crippen LogP contribution >= 0.6 is 0 Å². The monoisotopic (exact) mass is 235 g/mol. The molecular weight excluding hydrogens is 214 g/mol. The Morgan fingerprint density at radius 3 is 2.67 bits per heavy atom. The van der Waals surface area contributed by atoms with Crippen molar-refractivity contribution in [3.63, 3.8) is 0 Å². The van der Waals surface area contributed by atoms with Gasteiger partial charge in [0, 0.05) is 32.2 Å². The fourth-order valence-corrected chi connectivity index (χ4v) is 3.25. The van der Waals surface area contributed by atoms with Crippen molar-refractivity contribution in [1.82, 2.24) is 14.5 Å². The Morgan fingerprint density at radius 2 is 2.13 bits per heavy atom. The maximum absolute atomic E-state index is 11.9. The maximum Gasteiger partial charge on any atom is 0.215 e. The second kappa shape index (κ2) is 5.25. The van der Waals surface area contributed by atoms with Crippen molar-refractivity contribution < 1.29 is 8.42 Å². The molecule has 1 aliphatic heterocycles. The van der Waals surface area contributed by atoms with Crippen molar-refractivity contribution in [1.29, 1.82) is 0 Å². The minimum absolute atomic E-state index is 0.215. The van der Waals surface area contributed by atoms with Gasteiger partial charge < -0.3 is 10.2 Å². The van der Waals surface area contributed by atoms with Crippen molar-refractivity contribution in [2.75, 3.05) is 46.0 Å². The van der Waals surface area contributed by atoms with Gasteiger partial charge in [0.25, 0.3) is 0 Å². The minimum Gasteiger partial charge on any atom is -0.312 e. The van der Waals surface area contributed by atoms with Gasteiger partial charge in [0.2, 0.25) is 10.0 Å². The quantitative estimate of drug-likeness (QED) is 0.691. The van der Waals surface area contributed by atoms with Crippen LogP contribution in [0.1, 0.15) is 6.92 Å². The van der Waals surface area contributed by atoms with Crippen LogP contribution in [-0.4, -0.2) is 69.7 Å². The van der Waals surface area contributed by atoms with Gasteiger partial charge in [-0.25, -0.2) is 8.42 Å². The highest BCUT2D eigenvalue weighted by Gasteiger charge is 2.26. The van der Waals surface area contributed by atoms with E-state index >= 15 is 0 Å². The normalized spacial score (nSPS) is 24.7. The molecule has 90 valence electrons. The number of sulfonamides is 1. The van der Waals surface area contributed by atoms with Crippen LogP contribution in [0, 0.1) is 0 Å². The van der Waals surface area contributed by atoms with Gasteiger partial charge in [0.05, 0.1) is 5.75 Å². The lowest BCUT2D eigenvalue weighted by molar-refractivity contribution is 0.308. The molecule has 1 fully saturated rings. The summed E-state index contributed by atoms with van der Waals surface area (Å²) in [4.78, 5) is 1.89. The van der Waals surface area contributed by atoms with E-state index in [0.717, 1.165) is 6.54 Å². The second-order valence-corrected chi connectivity index (χ2v) is 6.42. The van der Waals surface area contributed by atoms with Crippen LogP contribution in [0.5, 0.6) is 0 Å². The molecule has 0 aromatic heterocycles. The molecule has 1 unspecified atom stereocenters. The average molecular weight is 235 g/mol. The predicted molar refractivity (Wildman–Crippen MR) is 61.4 cm³/mol. The van der Waals surface area contributed by atoms with E-state index in [0.29, 0.717) is 19.6 Å². The van der Waals surface area contributed by atoms with E-state index in [1.54, 1.807) is 4.31 Å². The SMILES string of the molecule is CC1CN(S(=O)(=O)CCN(C)C)CCN1. The molecule has 0 aromatic carbocycles. The average Bonchev–Trinajstić information content (AvgIpc) is 2.15. The maximum atomic E-state index is 11.9. The van der Waals surface area contributed by atoms with E-state index in [1.807, 2.05) is 25.9 Å². The molecule has 1 rings (SSSR count). The molecule has 1 saturated heterocycles. The van der Waals surface area contributed by atoms with Gasteiger partial charge in [-0.3, -0.25) is 0 Å². The van der Waals surface area contributed by atoms with Gasteiger partial charge in [-0.05, 0) is 21.0 Å². The Balaban J connectivity index is 2.52. The molecule has 0 spiro atoms. The zero-order chi connectivity index (χ0) is 11.5. The molecule has 5 nitrogen and oxygen atoms in total. The summed E-state index contributed by atoms with van der Waals surface area (Å²) in [7, 11) is 0.710. The summed E-state index contributed by atoms with van der Waals surface area (Å²) in [5.74, 6) is 0.215. The Hall–Kier alpha value is -0.170. The molecule has 0 bridgehead atoms. The third-order valence-electron chi connectivity index (χ3n) is 2.52. The first-order chi connectivity index (χ1) is 6.92. The van der Waals surface area contributed by atoms with Crippen molar-refractivity contribution in [3.8, 4) is 0 Å². The standard InChI is InChI=1S/C9H21N3O2S/c1-9-8-12(5-4-10-9)15(13,14)7-6-11(2)3/h9-10H,4-8H2,1-3H3. The third-order valence-corrected chi connectivity index (χ3v) is 4.34. The van der Waals surface area contributed by atoms with Gasteiger partial charge >= 0.3 is 0 Å². The van der Waals surface area contributed by atoms with E-state index in [2.05, 4.69) is 5.32 Å². The van der Waals surface area contributed by atoms with Crippen LogP contribution in [0.3, 0.4) is 0 Å². The zero-order valence-electron chi connectivity index (χ0n) is 9.73. The van der Waals surface area contributed by atoms with Gasteiger partial charge in [0.1, 0.15) is 0 Å². The van der Waals surface area contributed by atoms with Gasteiger partial charge in [-0.15, -0.1) is 0 Å². The van der Waals surface area contributed by atoms with E-state index < -0.39 is 10.0 Å². The molecule has 0 radical (unpaired) electrons. The van der Waals surface area contributed by atoms with Crippen molar-refractivity contribution in [2.45, 2.75) is 13.0 Å². The van der Waals surface area contributed by atoms with Crippen LogP contribution in [0.15, 0.2) is 0 Å². The van der Waals surface area contributed by atoms with Crippen LogP contribution in [0.2, 0.25) is 0 Å². The van der Waals surface area contributed by atoms with Crippen LogP contribution < -0.4 is 5.32 Å². The zero-order valence-corrected chi connectivity index (χ0v) is 10.5. The fraction of sp³-hybridized carbons (Fsp3) is 1.00. The third kappa shape index (κ3) is 4.06. The molecule has 6 heteroatoms. The number of hydrogen-bond donors (Lipinski definition) is 1. The number of hydrogen-bond acceptors (Lipinski definition) is 4. The highest BCUT2D eigenvalue weighted by atomic mass is 32.2. The van der Waals surface area contributed by atoms with Crippen LogP contribution in [0.4, 0.5) is 0 Å². The highest BCUT2D eigenvalue weighted by molar-refractivity contribution is 7.89. The molecule has 0 saturated carbocycles. The molecule has 0 amide bonds. The molecule has 1 atom stereocenters.